The molecule has 214 valence electrons. The Bertz CT molecular complexity index is 1860. The molecule has 3 heterocycles. The number of aromatic nitrogens is 5. The van der Waals surface area contributed by atoms with Crippen LogP contribution in [0.25, 0.3) is 22.6 Å². The lowest BCUT2D eigenvalue weighted by Crippen LogP contribution is -2.40. The van der Waals surface area contributed by atoms with Crippen molar-refractivity contribution in [2.24, 2.45) is 13.0 Å². The van der Waals surface area contributed by atoms with Gasteiger partial charge in [0.05, 0.1) is 24.7 Å². The second-order valence-electron chi connectivity index (χ2n) is 10.6. The third-order valence-electron chi connectivity index (χ3n) is 7.09. The average Bonchev–Trinajstić information content (AvgIpc) is 3.37. The number of fused-ring (bicyclic) bond motifs is 1. The third-order valence-corrected chi connectivity index (χ3v) is 7.09. The van der Waals surface area contributed by atoms with Crippen molar-refractivity contribution < 1.29 is 4.74 Å². The Morgan fingerprint density at radius 2 is 1.74 bits per heavy atom. The lowest BCUT2D eigenvalue weighted by molar-refractivity contribution is 0.325. The summed E-state index contributed by atoms with van der Waals surface area (Å²) in [7, 11) is 3.59. The molecule has 42 heavy (non-hydrogen) atoms. The smallest absolute Gasteiger partial charge is 0.332 e. The van der Waals surface area contributed by atoms with Crippen LogP contribution in [0.3, 0.4) is 0 Å². The molecule has 0 atom stereocenters. The number of anilines is 1. The van der Waals surface area contributed by atoms with E-state index in [1.165, 1.54) is 9.13 Å². The Hall–Kier alpha value is -5.17. The van der Waals surface area contributed by atoms with E-state index >= 15 is 0 Å². The highest BCUT2D eigenvalue weighted by molar-refractivity contribution is 5.77. The minimum Gasteiger partial charge on any atom is -0.492 e. The summed E-state index contributed by atoms with van der Waals surface area (Å²) in [5.74, 6) is 2.40. The molecule has 0 fully saturated rings. The number of rotatable bonds is 10. The minimum atomic E-state index is -0.486. The Morgan fingerprint density at radius 1 is 1.00 bits per heavy atom. The monoisotopic (exact) mass is 563 g/mol. The first kappa shape index (κ1) is 28.4. The standard InChI is InChI=1S/C32H33N7O3/c1-22(2)20-38-28-30(37(4)32(41)39(31(28)40)21-25-10-6-5-9-24(25)19-33)35-29(38)23-12-14-26(15-13-23)42-18-17-36(3)27-11-7-8-16-34-27/h5-16,22H,17-18,20-21H2,1-4H3. The Labute approximate surface area is 243 Å². The quantitative estimate of drug-likeness (QED) is 0.252. The van der Waals surface area contributed by atoms with E-state index in [1.54, 1.807) is 37.5 Å². The number of benzene rings is 2. The Balaban J connectivity index is 1.47. The number of ether oxygens (including phenoxy) is 1. The van der Waals surface area contributed by atoms with Crippen molar-refractivity contribution in [3.8, 4) is 23.2 Å². The summed E-state index contributed by atoms with van der Waals surface area (Å²) in [5, 5.41) is 9.52. The minimum absolute atomic E-state index is 0.00503. The predicted octanol–water partition coefficient (Wildman–Crippen LogP) is 4.05. The van der Waals surface area contributed by atoms with Gasteiger partial charge in [-0.25, -0.2) is 14.8 Å². The maximum Gasteiger partial charge on any atom is 0.332 e. The molecule has 2 aromatic carbocycles. The molecule has 5 aromatic rings. The molecule has 0 bridgehead atoms. The SMILES string of the molecule is CC(C)Cn1c(-c2ccc(OCCN(C)c3ccccn3)cc2)nc2c1c(=O)n(Cc1ccccc1C#N)c(=O)n2C. The van der Waals surface area contributed by atoms with E-state index in [0.717, 1.165) is 11.4 Å². The van der Waals surface area contributed by atoms with Crippen molar-refractivity contribution in [1.29, 1.82) is 5.26 Å². The molecule has 0 aliphatic rings. The number of nitriles is 1. The van der Waals surface area contributed by atoms with E-state index in [2.05, 4.69) is 24.9 Å². The van der Waals surface area contributed by atoms with Crippen molar-refractivity contribution in [3.63, 3.8) is 0 Å². The van der Waals surface area contributed by atoms with Gasteiger partial charge in [-0.15, -0.1) is 0 Å². The molecule has 5 rings (SSSR count). The van der Waals surface area contributed by atoms with Crippen LogP contribution in [-0.4, -0.2) is 43.9 Å². The summed E-state index contributed by atoms with van der Waals surface area (Å²) in [6, 6.07) is 22.5. The van der Waals surface area contributed by atoms with Crippen LogP contribution in [0, 0.1) is 17.2 Å². The molecule has 0 aliphatic carbocycles. The molecule has 0 saturated heterocycles. The number of pyridine rings is 1. The van der Waals surface area contributed by atoms with Crippen LogP contribution in [0.1, 0.15) is 25.0 Å². The zero-order valence-electron chi connectivity index (χ0n) is 24.2. The molecular weight excluding hydrogens is 530 g/mol. The summed E-state index contributed by atoms with van der Waals surface area (Å²) in [4.78, 5) is 38.4. The summed E-state index contributed by atoms with van der Waals surface area (Å²) in [5.41, 5.74) is 1.59. The highest BCUT2D eigenvalue weighted by atomic mass is 16.5. The second-order valence-corrected chi connectivity index (χ2v) is 10.6. The van der Waals surface area contributed by atoms with Crippen LogP contribution in [0.5, 0.6) is 5.75 Å². The topological polar surface area (TPSA) is 111 Å². The van der Waals surface area contributed by atoms with Gasteiger partial charge >= 0.3 is 5.69 Å². The lowest BCUT2D eigenvalue weighted by atomic mass is 10.1. The van der Waals surface area contributed by atoms with Crippen molar-refractivity contribution in [2.75, 3.05) is 25.1 Å². The van der Waals surface area contributed by atoms with Gasteiger partial charge < -0.3 is 14.2 Å². The van der Waals surface area contributed by atoms with E-state index in [1.807, 2.05) is 59.0 Å². The highest BCUT2D eigenvalue weighted by Crippen LogP contribution is 2.26. The first-order valence-electron chi connectivity index (χ1n) is 13.8. The summed E-state index contributed by atoms with van der Waals surface area (Å²) >= 11 is 0. The molecule has 0 unspecified atom stereocenters. The fourth-order valence-electron chi connectivity index (χ4n) is 4.91. The van der Waals surface area contributed by atoms with Crippen molar-refractivity contribution in [1.82, 2.24) is 23.7 Å². The van der Waals surface area contributed by atoms with Gasteiger partial charge in [-0.2, -0.15) is 5.26 Å². The summed E-state index contributed by atoms with van der Waals surface area (Å²) < 4.78 is 10.4. The van der Waals surface area contributed by atoms with Gasteiger partial charge in [-0.3, -0.25) is 13.9 Å². The zero-order valence-corrected chi connectivity index (χ0v) is 24.2. The second kappa shape index (κ2) is 12.1. The normalized spacial score (nSPS) is 11.1. The van der Waals surface area contributed by atoms with E-state index in [0.29, 0.717) is 53.6 Å². The van der Waals surface area contributed by atoms with Gasteiger partial charge in [0.15, 0.2) is 11.2 Å². The number of imidazole rings is 1. The number of nitrogens with zero attached hydrogens (tertiary/aromatic N) is 7. The molecule has 0 saturated carbocycles. The highest BCUT2D eigenvalue weighted by Gasteiger charge is 2.22. The number of aryl methyl sites for hydroxylation is 1. The van der Waals surface area contributed by atoms with Crippen molar-refractivity contribution in [2.45, 2.75) is 26.9 Å². The van der Waals surface area contributed by atoms with Crippen LogP contribution in [0.4, 0.5) is 5.82 Å². The number of hydrogen-bond acceptors (Lipinski definition) is 7. The predicted molar refractivity (Wildman–Crippen MR) is 163 cm³/mol. The van der Waals surface area contributed by atoms with Crippen LogP contribution in [-0.2, 0) is 20.1 Å². The molecule has 3 aromatic heterocycles. The van der Waals surface area contributed by atoms with Gasteiger partial charge in [-0.1, -0.05) is 38.1 Å². The van der Waals surface area contributed by atoms with Gasteiger partial charge in [0.2, 0.25) is 0 Å². The molecule has 0 spiro atoms. The van der Waals surface area contributed by atoms with E-state index in [-0.39, 0.29) is 12.5 Å². The maximum absolute atomic E-state index is 13.9. The molecular formula is C32H33N7O3. The van der Waals surface area contributed by atoms with Crippen molar-refractivity contribution >= 4 is 17.0 Å². The zero-order chi connectivity index (χ0) is 29.8. The number of likely N-dealkylation sites (N-methyl/N-ethyl adjacent to an activating group) is 1. The first-order chi connectivity index (χ1) is 20.3. The molecule has 0 amide bonds. The van der Waals surface area contributed by atoms with Gasteiger partial charge in [0, 0.05) is 32.4 Å². The van der Waals surface area contributed by atoms with Crippen LogP contribution < -0.4 is 20.9 Å². The molecule has 0 N–H and O–H groups in total. The summed E-state index contributed by atoms with van der Waals surface area (Å²) in [6.45, 7) is 5.81. The fraction of sp³-hybridized carbons (Fsp3) is 0.281. The Kier molecular flexibility index (Phi) is 8.20. The van der Waals surface area contributed by atoms with Gasteiger partial charge in [-0.05, 0) is 53.9 Å². The fourth-order valence-corrected chi connectivity index (χ4v) is 4.91. The largest absolute Gasteiger partial charge is 0.492 e. The van der Waals surface area contributed by atoms with Gasteiger partial charge in [0.25, 0.3) is 5.56 Å². The van der Waals surface area contributed by atoms with Gasteiger partial charge in [0.1, 0.15) is 24.0 Å². The molecule has 0 aliphatic heterocycles. The third kappa shape index (κ3) is 5.67. The maximum atomic E-state index is 13.9. The van der Waals surface area contributed by atoms with E-state index in [4.69, 9.17) is 9.72 Å². The van der Waals surface area contributed by atoms with E-state index in [9.17, 15) is 14.9 Å². The molecule has 0 radical (unpaired) electrons. The van der Waals surface area contributed by atoms with Crippen LogP contribution in [0.2, 0.25) is 0 Å². The van der Waals surface area contributed by atoms with E-state index < -0.39 is 11.2 Å². The first-order valence-corrected chi connectivity index (χ1v) is 13.8. The number of hydrogen-bond donors (Lipinski definition) is 0. The lowest BCUT2D eigenvalue weighted by Gasteiger charge is -2.18. The molecule has 10 nitrogen and oxygen atoms in total. The molecule has 10 heteroatoms. The van der Waals surface area contributed by atoms with Crippen LogP contribution >= 0.6 is 0 Å². The Morgan fingerprint density at radius 3 is 2.43 bits per heavy atom. The van der Waals surface area contributed by atoms with Crippen LogP contribution in [0.15, 0.2) is 82.5 Å². The average molecular weight is 564 g/mol. The van der Waals surface area contributed by atoms with Crippen molar-refractivity contribution in [3.05, 3.63) is 105 Å². The summed E-state index contributed by atoms with van der Waals surface area (Å²) in [6.07, 6.45) is 1.76.